The minimum absolute atomic E-state index is 0.0187. The summed E-state index contributed by atoms with van der Waals surface area (Å²) in [6.45, 7) is 8.17. The van der Waals surface area contributed by atoms with E-state index in [9.17, 15) is 4.79 Å². The molecule has 0 N–H and O–H groups in total. The number of hydrogen-bond acceptors (Lipinski definition) is 4. The second-order valence-electron chi connectivity index (χ2n) is 7.46. The fourth-order valence-corrected chi connectivity index (χ4v) is 4.10. The summed E-state index contributed by atoms with van der Waals surface area (Å²) in [5, 5.41) is 0.741. The van der Waals surface area contributed by atoms with Crippen LogP contribution in [0.4, 0.5) is 11.4 Å². The number of carbonyl (C=O) groups excluding carboxylic acids is 1. The van der Waals surface area contributed by atoms with Crippen molar-refractivity contribution in [2.45, 2.75) is 33.7 Å². The van der Waals surface area contributed by atoms with Crippen molar-refractivity contribution in [3.8, 4) is 0 Å². The first-order valence-corrected chi connectivity index (χ1v) is 10.2. The Morgan fingerprint density at radius 1 is 1.07 bits per heavy atom. The summed E-state index contributed by atoms with van der Waals surface area (Å²) < 4.78 is 0. The van der Waals surface area contributed by atoms with Crippen LogP contribution in [0.1, 0.15) is 30.5 Å². The van der Waals surface area contributed by atoms with Crippen molar-refractivity contribution in [1.29, 1.82) is 0 Å². The topological polar surface area (TPSA) is 35.9 Å². The molecular weight excluding hydrogens is 366 g/mol. The maximum Gasteiger partial charge on any atom is 0.271 e. The van der Waals surface area contributed by atoms with E-state index in [2.05, 4.69) is 36.9 Å². The Morgan fingerprint density at radius 2 is 1.75 bits per heavy atom. The Kier molecular flexibility index (Phi) is 5.94. The van der Waals surface area contributed by atoms with Crippen LogP contribution in [0.5, 0.6) is 0 Å². The van der Waals surface area contributed by atoms with Gasteiger partial charge < -0.3 is 4.90 Å². The number of aliphatic imine (C=N–C) groups is 1. The van der Waals surface area contributed by atoms with Crippen molar-refractivity contribution in [2.24, 2.45) is 4.99 Å². The highest BCUT2D eigenvalue weighted by Crippen LogP contribution is 2.38. The van der Waals surface area contributed by atoms with Gasteiger partial charge in [-0.25, -0.2) is 0 Å². The smallest absolute Gasteiger partial charge is 0.271 e. The van der Waals surface area contributed by atoms with Gasteiger partial charge >= 0.3 is 0 Å². The van der Waals surface area contributed by atoms with Crippen molar-refractivity contribution >= 4 is 40.3 Å². The van der Waals surface area contributed by atoms with Crippen LogP contribution < -0.4 is 9.80 Å². The summed E-state index contributed by atoms with van der Waals surface area (Å²) in [6, 6.07) is 14.3. The fourth-order valence-electron chi connectivity index (χ4n) is 2.99. The van der Waals surface area contributed by atoms with E-state index in [1.807, 2.05) is 58.3 Å². The highest BCUT2D eigenvalue weighted by molar-refractivity contribution is 8.19. The van der Waals surface area contributed by atoms with Gasteiger partial charge in [-0.15, -0.1) is 0 Å². The van der Waals surface area contributed by atoms with Gasteiger partial charge in [-0.05, 0) is 80.4 Å². The van der Waals surface area contributed by atoms with E-state index in [0.717, 1.165) is 33.2 Å². The summed E-state index contributed by atoms with van der Waals surface area (Å²) in [4.78, 5) is 22.5. The van der Waals surface area contributed by atoms with Crippen molar-refractivity contribution in [3.05, 3.63) is 64.1 Å². The van der Waals surface area contributed by atoms with Crippen molar-refractivity contribution in [2.75, 3.05) is 23.9 Å². The molecule has 0 aliphatic carbocycles. The van der Waals surface area contributed by atoms with E-state index in [0.29, 0.717) is 4.91 Å². The molecule has 0 bridgehead atoms. The van der Waals surface area contributed by atoms with Crippen molar-refractivity contribution < 1.29 is 4.79 Å². The zero-order valence-electron chi connectivity index (χ0n) is 17.4. The number of benzene rings is 2. The van der Waals surface area contributed by atoms with E-state index in [-0.39, 0.29) is 11.9 Å². The summed E-state index contributed by atoms with van der Waals surface area (Å²) >= 11 is 1.45. The maximum absolute atomic E-state index is 13.3. The molecule has 1 aliphatic rings. The van der Waals surface area contributed by atoms with E-state index in [1.165, 1.54) is 11.8 Å². The predicted octanol–water partition coefficient (Wildman–Crippen LogP) is 5.25. The number of carbonyl (C=O) groups is 1. The lowest BCUT2D eigenvalue weighted by molar-refractivity contribution is -0.113. The van der Waals surface area contributed by atoms with Crippen molar-refractivity contribution in [1.82, 2.24) is 0 Å². The molecule has 2 aromatic carbocycles. The SMILES string of the molecule is Cc1cccc(N2C(=O)C(=Cc3ccc(N(C)C)cc3)SC2=NC(C)C)c1C. The average Bonchev–Trinajstić information content (AvgIpc) is 2.92. The lowest BCUT2D eigenvalue weighted by atomic mass is 10.1. The zero-order chi connectivity index (χ0) is 20.4. The summed E-state index contributed by atoms with van der Waals surface area (Å²) in [7, 11) is 4.03. The quantitative estimate of drug-likeness (QED) is 0.665. The van der Waals surface area contributed by atoms with Crippen LogP contribution in [0.3, 0.4) is 0 Å². The number of anilines is 2. The van der Waals surface area contributed by atoms with Crippen LogP contribution in [0, 0.1) is 13.8 Å². The van der Waals surface area contributed by atoms with Crippen LogP contribution in [-0.2, 0) is 4.79 Å². The minimum Gasteiger partial charge on any atom is -0.378 e. The molecule has 1 saturated heterocycles. The summed E-state index contributed by atoms with van der Waals surface area (Å²) in [5.41, 5.74) is 5.31. The van der Waals surface area contributed by atoms with Gasteiger partial charge in [0.2, 0.25) is 0 Å². The minimum atomic E-state index is -0.0187. The lowest BCUT2D eigenvalue weighted by Gasteiger charge is -2.19. The first kappa shape index (κ1) is 20.2. The Labute approximate surface area is 172 Å². The Balaban J connectivity index is 2.01. The third-order valence-electron chi connectivity index (χ3n) is 4.70. The number of hydrogen-bond donors (Lipinski definition) is 0. The first-order valence-electron chi connectivity index (χ1n) is 9.43. The van der Waals surface area contributed by atoms with Gasteiger partial charge in [0.25, 0.3) is 5.91 Å². The second kappa shape index (κ2) is 8.23. The van der Waals surface area contributed by atoms with Gasteiger partial charge in [0.15, 0.2) is 5.17 Å². The normalized spacial score (nSPS) is 17.2. The molecule has 3 rings (SSSR count). The largest absolute Gasteiger partial charge is 0.378 e. The molecule has 0 aromatic heterocycles. The molecule has 0 radical (unpaired) electrons. The number of amidine groups is 1. The molecule has 146 valence electrons. The molecule has 1 fully saturated rings. The van der Waals surface area contributed by atoms with Gasteiger partial charge in [-0.3, -0.25) is 14.7 Å². The average molecular weight is 394 g/mol. The van der Waals surface area contributed by atoms with E-state index >= 15 is 0 Å². The summed E-state index contributed by atoms with van der Waals surface area (Å²) in [6.07, 6.45) is 1.95. The van der Waals surface area contributed by atoms with Crippen molar-refractivity contribution in [3.63, 3.8) is 0 Å². The molecule has 1 aliphatic heterocycles. The van der Waals surface area contributed by atoms with Gasteiger partial charge in [-0.1, -0.05) is 24.3 Å². The molecule has 0 spiro atoms. The monoisotopic (exact) mass is 393 g/mol. The van der Waals surface area contributed by atoms with Crippen LogP contribution >= 0.6 is 11.8 Å². The van der Waals surface area contributed by atoms with Crippen LogP contribution in [0.25, 0.3) is 6.08 Å². The summed E-state index contributed by atoms with van der Waals surface area (Å²) in [5.74, 6) is -0.0187. The van der Waals surface area contributed by atoms with Crippen LogP contribution in [0.2, 0.25) is 0 Å². The van der Waals surface area contributed by atoms with E-state index < -0.39 is 0 Å². The third-order valence-corrected chi connectivity index (χ3v) is 5.68. The van der Waals surface area contributed by atoms with E-state index in [1.54, 1.807) is 4.90 Å². The number of thioether (sulfide) groups is 1. The molecule has 28 heavy (non-hydrogen) atoms. The predicted molar refractivity (Wildman–Crippen MR) is 122 cm³/mol. The zero-order valence-corrected chi connectivity index (χ0v) is 18.2. The molecule has 0 unspecified atom stereocenters. The Bertz CT molecular complexity index is 943. The van der Waals surface area contributed by atoms with Gasteiger partial charge in [0.1, 0.15) is 0 Å². The second-order valence-corrected chi connectivity index (χ2v) is 8.47. The maximum atomic E-state index is 13.3. The highest BCUT2D eigenvalue weighted by atomic mass is 32.2. The van der Waals surface area contributed by atoms with Gasteiger partial charge in [0.05, 0.1) is 10.6 Å². The molecule has 0 atom stereocenters. The molecule has 2 aromatic rings. The number of amides is 1. The first-order chi connectivity index (χ1) is 13.3. The van der Waals surface area contributed by atoms with Crippen LogP contribution in [0.15, 0.2) is 52.4 Å². The molecule has 0 saturated carbocycles. The standard InChI is InChI=1S/C23H27N3OS/c1-15(2)24-23-26(20-9-7-8-16(3)17(20)4)22(27)21(28-23)14-18-10-12-19(13-11-18)25(5)6/h7-15H,1-6H3. The third kappa shape index (κ3) is 4.14. The molecular formula is C23H27N3OS. The molecule has 5 heteroatoms. The fraction of sp³-hybridized carbons (Fsp3) is 0.304. The van der Waals surface area contributed by atoms with Crippen LogP contribution in [-0.4, -0.2) is 31.2 Å². The highest BCUT2D eigenvalue weighted by Gasteiger charge is 2.35. The number of aryl methyl sites for hydroxylation is 1. The van der Waals surface area contributed by atoms with Gasteiger partial charge in [-0.2, -0.15) is 0 Å². The molecule has 1 heterocycles. The Morgan fingerprint density at radius 3 is 2.36 bits per heavy atom. The lowest BCUT2D eigenvalue weighted by Crippen LogP contribution is -2.30. The van der Waals surface area contributed by atoms with Gasteiger partial charge in [0, 0.05) is 25.8 Å². The Hall–Kier alpha value is -2.53. The molecule has 4 nitrogen and oxygen atoms in total. The molecule has 1 amide bonds. The van der Waals surface area contributed by atoms with E-state index in [4.69, 9.17) is 4.99 Å². The number of rotatable bonds is 4. The number of nitrogens with zero attached hydrogens (tertiary/aromatic N) is 3.